The third-order valence-electron chi connectivity index (χ3n) is 4.68. The number of piperidine rings is 1. The van der Waals surface area contributed by atoms with Crippen molar-refractivity contribution in [3.63, 3.8) is 0 Å². The van der Waals surface area contributed by atoms with Crippen LogP contribution in [0.4, 0.5) is 0 Å². The highest BCUT2D eigenvalue weighted by atomic mass is 32.2. The number of nitrogens with zero attached hydrogens (tertiary/aromatic N) is 1. The van der Waals surface area contributed by atoms with Gasteiger partial charge in [-0.25, -0.2) is 12.7 Å². The number of hydrogen-bond acceptors (Lipinski definition) is 5. The summed E-state index contributed by atoms with van der Waals surface area (Å²) in [5.41, 5.74) is 0.288. The molecule has 2 N–H and O–H groups in total. The number of amides is 1. The summed E-state index contributed by atoms with van der Waals surface area (Å²) in [7, 11) is -0.819. The van der Waals surface area contributed by atoms with Crippen LogP contribution in [0.5, 0.6) is 0 Å². The van der Waals surface area contributed by atoms with E-state index in [0.717, 1.165) is 30.0 Å². The Morgan fingerprint density at radius 1 is 1.30 bits per heavy atom. The fraction of sp³-hybridized carbons (Fsp3) is 0.667. The molecule has 2 aliphatic heterocycles. The fourth-order valence-corrected chi connectivity index (χ4v) is 4.28. The van der Waals surface area contributed by atoms with Crippen molar-refractivity contribution in [2.75, 3.05) is 14.1 Å². The number of furan rings is 1. The molecule has 8 heteroatoms. The van der Waals surface area contributed by atoms with Crippen LogP contribution in [0.3, 0.4) is 0 Å². The largest absolute Gasteiger partial charge is 0.448 e. The fourth-order valence-electron chi connectivity index (χ4n) is 3.43. The van der Waals surface area contributed by atoms with Gasteiger partial charge in [-0.1, -0.05) is 0 Å². The van der Waals surface area contributed by atoms with Crippen molar-refractivity contribution >= 4 is 15.9 Å². The van der Waals surface area contributed by atoms with Crippen molar-refractivity contribution in [2.24, 2.45) is 0 Å². The third-order valence-corrected chi connectivity index (χ3v) is 6.35. The predicted molar refractivity (Wildman–Crippen MR) is 84.8 cm³/mol. The summed E-state index contributed by atoms with van der Waals surface area (Å²) in [6, 6.07) is 2.41. The summed E-state index contributed by atoms with van der Waals surface area (Å²) >= 11 is 0. The van der Waals surface area contributed by atoms with E-state index >= 15 is 0 Å². The van der Waals surface area contributed by atoms with E-state index in [2.05, 4.69) is 10.6 Å². The SMILES string of the molecule is Cc1oc(S(=O)(=O)N(C)C)cc1C(=O)NC1CC2CCC(C1)N2. The van der Waals surface area contributed by atoms with Crippen LogP contribution in [0.25, 0.3) is 0 Å². The molecule has 2 atom stereocenters. The predicted octanol–water partition coefficient (Wildman–Crippen LogP) is 0.851. The second kappa shape index (κ2) is 5.92. The number of carbonyl (C=O) groups is 1. The molecule has 2 aliphatic rings. The number of nitrogens with one attached hydrogen (secondary N) is 2. The van der Waals surface area contributed by atoms with Crippen LogP contribution >= 0.6 is 0 Å². The summed E-state index contributed by atoms with van der Waals surface area (Å²) in [5, 5.41) is 6.35. The lowest BCUT2D eigenvalue weighted by molar-refractivity contribution is 0.0922. The van der Waals surface area contributed by atoms with Crippen molar-refractivity contribution in [3.8, 4) is 0 Å². The maximum absolute atomic E-state index is 12.5. The molecule has 2 unspecified atom stereocenters. The van der Waals surface area contributed by atoms with Crippen molar-refractivity contribution in [3.05, 3.63) is 17.4 Å². The first kappa shape index (κ1) is 16.5. The number of sulfonamides is 1. The Hall–Kier alpha value is -1.38. The zero-order chi connectivity index (χ0) is 16.8. The van der Waals surface area contributed by atoms with Gasteiger partial charge in [0.2, 0.25) is 5.09 Å². The number of hydrogen-bond donors (Lipinski definition) is 2. The maximum Gasteiger partial charge on any atom is 0.275 e. The van der Waals surface area contributed by atoms with Crippen molar-refractivity contribution in [2.45, 2.75) is 55.8 Å². The number of aryl methyl sites for hydroxylation is 1. The van der Waals surface area contributed by atoms with Gasteiger partial charge in [0.05, 0.1) is 5.56 Å². The molecular weight excluding hydrogens is 318 g/mol. The zero-order valence-corrected chi connectivity index (χ0v) is 14.4. The van der Waals surface area contributed by atoms with E-state index in [-0.39, 0.29) is 22.6 Å². The molecule has 3 rings (SSSR count). The topological polar surface area (TPSA) is 91.7 Å². The van der Waals surface area contributed by atoms with Gasteiger partial charge < -0.3 is 15.1 Å². The second-order valence-electron chi connectivity index (χ2n) is 6.60. The molecule has 0 aromatic carbocycles. The van der Waals surface area contributed by atoms with Crippen LogP contribution in [-0.2, 0) is 10.0 Å². The average Bonchev–Trinajstić information content (AvgIpc) is 3.02. The van der Waals surface area contributed by atoms with E-state index in [1.165, 1.54) is 20.2 Å². The molecule has 0 spiro atoms. The van der Waals surface area contributed by atoms with Crippen LogP contribution in [-0.4, -0.2) is 50.9 Å². The molecule has 2 fully saturated rings. The van der Waals surface area contributed by atoms with Crippen LogP contribution in [0.1, 0.15) is 41.8 Å². The average molecular weight is 341 g/mol. The lowest BCUT2D eigenvalue weighted by Gasteiger charge is -2.29. The summed E-state index contributed by atoms with van der Waals surface area (Å²) in [4.78, 5) is 12.5. The molecule has 0 aliphatic carbocycles. The zero-order valence-electron chi connectivity index (χ0n) is 13.6. The highest BCUT2D eigenvalue weighted by Gasteiger charge is 2.34. The van der Waals surface area contributed by atoms with Crippen LogP contribution < -0.4 is 10.6 Å². The minimum Gasteiger partial charge on any atom is -0.448 e. The van der Waals surface area contributed by atoms with E-state index in [4.69, 9.17) is 4.42 Å². The van der Waals surface area contributed by atoms with Crippen LogP contribution in [0, 0.1) is 6.92 Å². The van der Waals surface area contributed by atoms with E-state index in [0.29, 0.717) is 17.8 Å². The molecule has 1 aromatic rings. The quantitative estimate of drug-likeness (QED) is 0.847. The number of fused-ring (bicyclic) bond motifs is 2. The smallest absolute Gasteiger partial charge is 0.275 e. The highest BCUT2D eigenvalue weighted by Crippen LogP contribution is 2.27. The van der Waals surface area contributed by atoms with E-state index < -0.39 is 10.0 Å². The third kappa shape index (κ3) is 3.15. The van der Waals surface area contributed by atoms with Gasteiger partial charge in [0, 0.05) is 38.3 Å². The van der Waals surface area contributed by atoms with E-state index in [9.17, 15) is 13.2 Å². The first-order valence-electron chi connectivity index (χ1n) is 7.87. The molecule has 1 aromatic heterocycles. The standard InChI is InChI=1S/C15H23N3O4S/c1-9-13(8-14(22-9)23(20,21)18(2)3)15(19)17-12-6-10-4-5-11(7-12)16-10/h8,10-12,16H,4-7H2,1-3H3,(H,17,19). The molecule has 128 valence electrons. The molecule has 0 radical (unpaired) electrons. The van der Waals surface area contributed by atoms with Crippen molar-refractivity contribution in [1.82, 2.24) is 14.9 Å². The van der Waals surface area contributed by atoms with Gasteiger partial charge in [-0.15, -0.1) is 0 Å². The summed E-state index contributed by atoms with van der Waals surface area (Å²) in [6.07, 6.45) is 4.16. The van der Waals surface area contributed by atoms with Crippen molar-refractivity contribution < 1.29 is 17.6 Å². The molecule has 0 saturated carbocycles. The molecule has 2 bridgehead atoms. The Labute approximate surface area is 136 Å². The molecular formula is C15H23N3O4S. The molecule has 7 nitrogen and oxygen atoms in total. The maximum atomic E-state index is 12.5. The minimum absolute atomic E-state index is 0.129. The molecule has 1 amide bonds. The van der Waals surface area contributed by atoms with E-state index in [1.807, 2.05) is 0 Å². The summed E-state index contributed by atoms with van der Waals surface area (Å²) in [5.74, 6) is 0.0533. The molecule has 3 heterocycles. The lowest BCUT2D eigenvalue weighted by Crippen LogP contribution is -2.48. The Morgan fingerprint density at radius 2 is 1.91 bits per heavy atom. The van der Waals surface area contributed by atoms with Gasteiger partial charge >= 0.3 is 0 Å². The van der Waals surface area contributed by atoms with Gasteiger partial charge in [-0.05, 0) is 32.6 Å². The Morgan fingerprint density at radius 3 is 2.48 bits per heavy atom. The van der Waals surface area contributed by atoms with E-state index in [1.54, 1.807) is 6.92 Å². The first-order valence-corrected chi connectivity index (χ1v) is 9.31. The second-order valence-corrected chi connectivity index (χ2v) is 8.69. The van der Waals surface area contributed by atoms with Gasteiger partial charge in [0.25, 0.3) is 15.9 Å². The van der Waals surface area contributed by atoms with Gasteiger partial charge in [0.15, 0.2) is 0 Å². The number of carbonyl (C=O) groups excluding carboxylic acids is 1. The van der Waals surface area contributed by atoms with Gasteiger partial charge in [-0.2, -0.15) is 0 Å². The highest BCUT2D eigenvalue weighted by molar-refractivity contribution is 7.88. The first-order chi connectivity index (χ1) is 10.8. The van der Waals surface area contributed by atoms with Gasteiger partial charge in [0.1, 0.15) is 5.76 Å². The molecule has 2 saturated heterocycles. The molecule has 23 heavy (non-hydrogen) atoms. The lowest BCUT2D eigenvalue weighted by atomic mass is 9.99. The minimum atomic E-state index is -3.68. The summed E-state index contributed by atoms with van der Waals surface area (Å²) < 4.78 is 30.6. The van der Waals surface area contributed by atoms with Crippen LogP contribution in [0.2, 0.25) is 0 Å². The number of rotatable bonds is 4. The Kier molecular flexibility index (Phi) is 4.24. The van der Waals surface area contributed by atoms with Gasteiger partial charge in [-0.3, -0.25) is 4.79 Å². The monoisotopic (exact) mass is 341 g/mol. The van der Waals surface area contributed by atoms with Crippen LogP contribution in [0.15, 0.2) is 15.6 Å². The Balaban J connectivity index is 1.74. The normalized spacial score (nSPS) is 27.4. The summed E-state index contributed by atoms with van der Waals surface area (Å²) in [6.45, 7) is 1.61. The van der Waals surface area contributed by atoms with Crippen molar-refractivity contribution in [1.29, 1.82) is 0 Å². The Bertz CT molecular complexity index is 698.